The topological polar surface area (TPSA) is 141 Å². The largest absolute Gasteiger partial charge is 0.290 e. The van der Waals surface area contributed by atoms with Crippen LogP contribution in [0.1, 0.15) is 22.6 Å². The van der Waals surface area contributed by atoms with Crippen molar-refractivity contribution in [2.45, 2.75) is 18.1 Å². The number of nitrogens with one attached hydrogen (secondary N) is 1. The molecule has 0 aromatic carbocycles. The molecule has 2 aromatic rings. The van der Waals surface area contributed by atoms with E-state index in [-0.39, 0.29) is 12.2 Å². The molecule has 1 unspecified atom stereocenters. The van der Waals surface area contributed by atoms with Crippen LogP contribution in [0.3, 0.4) is 0 Å². The van der Waals surface area contributed by atoms with Gasteiger partial charge in [0.25, 0.3) is 15.8 Å². The summed E-state index contributed by atoms with van der Waals surface area (Å²) < 4.78 is 25.7. The Labute approximate surface area is 136 Å². The van der Waals surface area contributed by atoms with E-state index in [1.807, 2.05) is 0 Å². The highest BCUT2D eigenvalue weighted by Crippen LogP contribution is 2.16. The zero-order valence-corrected chi connectivity index (χ0v) is 13.0. The highest BCUT2D eigenvalue weighted by Gasteiger charge is 2.27. The van der Waals surface area contributed by atoms with Crippen molar-refractivity contribution in [3.8, 4) is 0 Å². The number of hydrogen-bond acceptors (Lipinski definition) is 8. The van der Waals surface area contributed by atoms with Crippen molar-refractivity contribution < 1.29 is 18.0 Å². The summed E-state index contributed by atoms with van der Waals surface area (Å²) >= 11 is 0. The van der Waals surface area contributed by atoms with E-state index in [2.05, 4.69) is 25.7 Å². The molecule has 0 spiro atoms. The molecule has 1 aliphatic carbocycles. The highest BCUT2D eigenvalue weighted by atomic mass is 32.2. The molecule has 3 rings (SSSR count). The number of nitrogens with zero attached hydrogens (tertiary/aromatic N) is 5. The average Bonchev–Trinajstić information content (AvgIpc) is 3.27. The van der Waals surface area contributed by atoms with E-state index in [4.69, 9.17) is 0 Å². The Hall–Kier alpha value is -2.95. The van der Waals surface area contributed by atoms with E-state index in [9.17, 15) is 18.0 Å². The molecule has 10 nitrogen and oxygen atoms in total. The minimum atomic E-state index is -3.71. The van der Waals surface area contributed by atoms with Crippen LogP contribution in [0.25, 0.3) is 0 Å². The third-order valence-corrected chi connectivity index (χ3v) is 5.20. The van der Waals surface area contributed by atoms with Crippen molar-refractivity contribution >= 4 is 21.6 Å². The fourth-order valence-corrected chi connectivity index (χ4v) is 3.52. The van der Waals surface area contributed by atoms with Crippen LogP contribution in [-0.2, 0) is 21.2 Å². The maximum Gasteiger partial charge on any atom is 0.269 e. The first-order valence-corrected chi connectivity index (χ1v) is 8.41. The molecule has 1 N–H and O–H groups in total. The quantitative estimate of drug-likeness (QED) is 0.542. The van der Waals surface area contributed by atoms with E-state index in [0.717, 1.165) is 4.09 Å². The van der Waals surface area contributed by atoms with Crippen molar-refractivity contribution in [2.75, 3.05) is 0 Å². The molecule has 1 atom stereocenters. The third kappa shape index (κ3) is 3.06. The smallest absolute Gasteiger partial charge is 0.269 e. The van der Waals surface area contributed by atoms with Crippen LogP contribution < -0.4 is 0 Å². The predicted molar refractivity (Wildman–Crippen MR) is 80.4 cm³/mol. The van der Waals surface area contributed by atoms with Crippen molar-refractivity contribution in [1.82, 2.24) is 29.8 Å². The molecule has 1 aliphatic rings. The van der Waals surface area contributed by atoms with Gasteiger partial charge >= 0.3 is 0 Å². The van der Waals surface area contributed by atoms with Gasteiger partial charge in [-0.05, 0) is 17.2 Å². The number of allylic oxidation sites excluding steroid dienone is 3. The van der Waals surface area contributed by atoms with Crippen LogP contribution >= 0.6 is 0 Å². The maximum atomic E-state index is 12.4. The Morgan fingerprint density at radius 2 is 2.17 bits per heavy atom. The molecule has 0 radical (unpaired) electrons. The fourth-order valence-electron chi connectivity index (χ4n) is 2.14. The molecule has 24 heavy (non-hydrogen) atoms. The van der Waals surface area contributed by atoms with Gasteiger partial charge in [0.2, 0.25) is 11.6 Å². The summed E-state index contributed by atoms with van der Waals surface area (Å²) in [5, 5.41) is 15.2. The van der Waals surface area contributed by atoms with E-state index < -0.39 is 26.8 Å². The summed E-state index contributed by atoms with van der Waals surface area (Å²) in [4.78, 5) is 23.7. The molecule has 124 valence electrons. The lowest BCUT2D eigenvalue weighted by molar-refractivity contribution is -0.114. The minimum Gasteiger partial charge on any atom is -0.290 e. The van der Waals surface area contributed by atoms with Gasteiger partial charge in [0.1, 0.15) is 5.25 Å². The average molecular weight is 348 g/mol. The van der Waals surface area contributed by atoms with E-state index >= 15 is 0 Å². The molecular formula is C13H12N6O4S. The van der Waals surface area contributed by atoms with Crippen LogP contribution in [0.2, 0.25) is 0 Å². The molecule has 0 aliphatic heterocycles. The first-order valence-electron chi connectivity index (χ1n) is 6.90. The molecule has 0 saturated heterocycles. The van der Waals surface area contributed by atoms with E-state index in [0.29, 0.717) is 12.0 Å². The lowest BCUT2D eigenvalue weighted by Crippen LogP contribution is -2.26. The maximum absolute atomic E-state index is 12.4. The Morgan fingerprint density at radius 3 is 2.83 bits per heavy atom. The molecule has 11 heteroatoms. The molecule has 2 aromatic heterocycles. The Kier molecular flexibility index (Phi) is 4.16. The monoisotopic (exact) mass is 348 g/mol. The lowest BCUT2D eigenvalue weighted by Gasteiger charge is -2.13. The van der Waals surface area contributed by atoms with Crippen LogP contribution in [0.4, 0.5) is 0 Å². The van der Waals surface area contributed by atoms with Crippen LogP contribution in [0, 0.1) is 0 Å². The second-order valence-corrected chi connectivity index (χ2v) is 7.03. The number of carbonyl (C=O) groups is 2. The number of carbonyl (C=O) groups excluding carboxylic acids is 2. The number of aromatic nitrogens is 6. The van der Waals surface area contributed by atoms with Gasteiger partial charge in [0, 0.05) is 12.6 Å². The number of Topliss-reactive ketones (excluding diaryl/α,β-unsaturated/α-hetero) is 2. The summed E-state index contributed by atoms with van der Waals surface area (Å²) in [6.07, 6.45) is 9.25. The van der Waals surface area contributed by atoms with Crippen LogP contribution in [0.5, 0.6) is 0 Å². The number of aromatic amines is 1. The molecule has 0 bridgehead atoms. The SMILES string of the molecule is O=C(Cc1cnn(S(=O)(=O)C2C=CC=CC2)c1)C(=O)c1nn[nH]n1. The summed E-state index contributed by atoms with van der Waals surface area (Å²) in [5.74, 6) is -2.02. The van der Waals surface area contributed by atoms with Gasteiger partial charge in [-0.25, -0.2) is 8.42 Å². The van der Waals surface area contributed by atoms with Gasteiger partial charge in [-0.2, -0.15) is 14.4 Å². The number of tetrazole rings is 1. The van der Waals surface area contributed by atoms with Gasteiger partial charge in [-0.3, -0.25) is 9.59 Å². The number of ketones is 2. The van der Waals surface area contributed by atoms with Gasteiger partial charge in [-0.15, -0.1) is 10.2 Å². The minimum absolute atomic E-state index is 0.302. The van der Waals surface area contributed by atoms with Gasteiger partial charge in [0.05, 0.1) is 6.20 Å². The molecule has 0 amide bonds. The lowest BCUT2D eigenvalue weighted by atomic mass is 10.1. The predicted octanol–water partition coefficient (Wildman–Crippen LogP) is -0.547. The first-order chi connectivity index (χ1) is 11.5. The Balaban J connectivity index is 1.74. The van der Waals surface area contributed by atoms with Crippen molar-refractivity contribution in [3.63, 3.8) is 0 Å². The molecule has 0 saturated carbocycles. The van der Waals surface area contributed by atoms with Crippen molar-refractivity contribution in [1.29, 1.82) is 0 Å². The molecule has 0 fully saturated rings. The summed E-state index contributed by atoms with van der Waals surface area (Å²) in [6.45, 7) is 0. The van der Waals surface area contributed by atoms with Crippen LogP contribution in [-0.4, -0.2) is 55.0 Å². The van der Waals surface area contributed by atoms with Gasteiger partial charge < -0.3 is 0 Å². The van der Waals surface area contributed by atoms with E-state index in [1.54, 1.807) is 24.3 Å². The third-order valence-electron chi connectivity index (χ3n) is 3.36. The zero-order valence-electron chi connectivity index (χ0n) is 12.2. The van der Waals surface area contributed by atoms with Crippen molar-refractivity contribution in [3.05, 3.63) is 48.1 Å². The number of hydrogen-bond donors (Lipinski definition) is 1. The summed E-state index contributed by atoms with van der Waals surface area (Å²) in [6, 6.07) is 0. The fraction of sp³-hybridized carbons (Fsp3) is 0.231. The normalized spacial score (nSPS) is 17.1. The molecular weight excluding hydrogens is 336 g/mol. The number of rotatable bonds is 6. The summed E-state index contributed by atoms with van der Waals surface area (Å²) in [5.41, 5.74) is 0.302. The van der Waals surface area contributed by atoms with E-state index in [1.165, 1.54) is 12.4 Å². The Morgan fingerprint density at radius 1 is 1.33 bits per heavy atom. The zero-order chi connectivity index (χ0) is 17.2. The summed E-state index contributed by atoms with van der Waals surface area (Å²) in [7, 11) is -3.71. The van der Waals surface area contributed by atoms with Crippen molar-refractivity contribution in [2.24, 2.45) is 0 Å². The van der Waals surface area contributed by atoms with Gasteiger partial charge in [0.15, 0.2) is 0 Å². The first kappa shape index (κ1) is 15.9. The standard InChI is InChI=1S/C13H12N6O4S/c20-11(12(21)13-15-17-18-16-13)6-9-7-14-19(8-9)24(22,23)10-4-2-1-3-5-10/h1-4,7-8,10H,5-6H2,(H,15,16,17,18). The highest BCUT2D eigenvalue weighted by molar-refractivity contribution is 7.90. The number of H-pyrrole nitrogens is 1. The second kappa shape index (κ2) is 6.28. The molecule has 2 heterocycles. The Bertz CT molecular complexity index is 926. The second-order valence-electron chi connectivity index (χ2n) is 5.02. The van der Waals surface area contributed by atoms with Crippen LogP contribution in [0.15, 0.2) is 36.7 Å². The van der Waals surface area contributed by atoms with Gasteiger partial charge in [-0.1, -0.05) is 24.3 Å².